The SMILES string of the molecule is CN1C(=O)CC(NS(=O)(=O)N(C)Cc2c(F)cccc2Cl)C1=O. The summed E-state index contributed by atoms with van der Waals surface area (Å²) in [5.74, 6) is -1.73. The third kappa shape index (κ3) is 3.69. The van der Waals surface area contributed by atoms with Gasteiger partial charge in [0.2, 0.25) is 11.8 Å². The lowest BCUT2D eigenvalue weighted by molar-refractivity contribution is -0.137. The number of likely N-dealkylation sites (tertiary alicyclic amines) is 1. The number of imide groups is 1. The molecule has 1 heterocycles. The maximum atomic E-state index is 13.7. The predicted octanol–water partition coefficient (Wildman–Crippen LogP) is 0.503. The van der Waals surface area contributed by atoms with E-state index in [4.69, 9.17) is 11.6 Å². The molecule has 1 saturated heterocycles. The van der Waals surface area contributed by atoms with Crippen molar-refractivity contribution >= 4 is 33.6 Å². The van der Waals surface area contributed by atoms with Crippen LogP contribution < -0.4 is 4.72 Å². The largest absolute Gasteiger partial charge is 0.284 e. The fraction of sp³-hybridized carbons (Fsp3) is 0.385. The second kappa shape index (κ2) is 6.52. The maximum Gasteiger partial charge on any atom is 0.280 e. The number of carbonyl (C=O) groups is 2. The molecule has 1 fully saturated rings. The first-order chi connectivity index (χ1) is 10.6. The fourth-order valence-electron chi connectivity index (χ4n) is 2.11. The Morgan fingerprint density at radius 3 is 2.61 bits per heavy atom. The second-order valence-electron chi connectivity index (χ2n) is 5.13. The number of halogens is 2. The molecule has 1 aliphatic heterocycles. The van der Waals surface area contributed by atoms with E-state index in [1.54, 1.807) is 0 Å². The van der Waals surface area contributed by atoms with Crippen LogP contribution in [0.4, 0.5) is 4.39 Å². The fourth-order valence-corrected chi connectivity index (χ4v) is 3.35. The highest BCUT2D eigenvalue weighted by Gasteiger charge is 2.39. The molecule has 0 radical (unpaired) electrons. The van der Waals surface area contributed by atoms with Crippen LogP contribution in [0.15, 0.2) is 18.2 Å². The van der Waals surface area contributed by atoms with E-state index in [9.17, 15) is 22.4 Å². The van der Waals surface area contributed by atoms with Gasteiger partial charge < -0.3 is 0 Å². The zero-order valence-electron chi connectivity index (χ0n) is 12.4. The van der Waals surface area contributed by atoms with Crippen LogP contribution in [0.1, 0.15) is 12.0 Å². The average molecular weight is 364 g/mol. The number of nitrogens with one attached hydrogen (secondary N) is 1. The lowest BCUT2D eigenvalue weighted by Gasteiger charge is -2.20. The molecule has 10 heteroatoms. The summed E-state index contributed by atoms with van der Waals surface area (Å²) >= 11 is 5.87. The van der Waals surface area contributed by atoms with Gasteiger partial charge in [-0.2, -0.15) is 17.4 Å². The molecule has 1 unspecified atom stereocenters. The quantitative estimate of drug-likeness (QED) is 0.772. The Kier molecular flexibility index (Phi) is 5.04. The van der Waals surface area contributed by atoms with Crippen LogP contribution in [0.3, 0.4) is 0 Å². The van der Waals surface area contributed by atoms with Gasteiger partial charge in [0.15, 0.2) is 0 Å². The van der Waals surface area contributed by atoms with Gasteiger partial charge in [-0.3, -0.25) is 14.5 Å². The van der Waals surface area contributed by atoms with Gasteiger partial charge in [-0.25, -0.2) is 4.39 Å². The lowest BCUT2D eigenvalue weighted by atomic mass is 10.2. The van der Waals surface area contributed by atoms with Crippen molar-refractivity contribution in [1.82, 2.24) is 13.9 Å². The van der Waals surface area contributed by atoms with Crippen LogP contribution in [0.2, 0.25) is 5.02 Å². The number of carbonyl (C=O) groups excluding carboxylic acids is 2. The van der Waals surface area contributed by atoms with Crippen LogP contribution in [0, 0.1) is 5.82 Å². The smallest absolute Gasteiger partial charge is 0.280 e. The number of amides is 2. The number of nitrogens with zero attached hydrogens (tertiary/aromatic N) is 2. The monoisotopic (exact) mass is 363 g/mol. The van der Waals surface area contributed by atoms with E-state index >= 15 is 0 Å². The summed E-state index contributed by atoms with van der Waals surface area (Å²) in [7, 11) is -1.60. The van der Waals surface area contributed by atoms with E-state index in [-0.39, 0.29) is 23.6 Å². The summed E-state index contributed by atoms with van der Waals surface area (Å²) < 4.78 is 41.2. The van der Waals surface area contributed by atoms with Crippen LogP contribution in [-0.4, -0.2) is 49.6 Å². The van der Waals surface area contributed by atoms with Gasteiger partial charge in [0, 0.05) is 31.2 Å². The summed E-state index contributed by atoms with van der Waals surface area (Å²) in [5.41, 5.74) is 0.0213. The highest BCUT2D eigenvalue weighted by atomic mass is 35.5. The summed E-state index contributed by atoms with van der Waals surface area (Å²) in [6, 6.07) is 2.87. The van der Waals surface area contributed by atoms with E-state index in [0.29, 0.717) is 0 Å². The molecule has 2 rings (SSSR count). The van der Waals surface area contributed by atoms with E-state index < -0.39 is 33.9 Å². The van der Waals surface area contributed by atoms with Crippen LogP contribution in [-0.2, 0) is 26.3 Å². The van der Waals surface area contributed by atoms with E-state index in [1.807, 2.05) is 0 Å². The van der Waals surface area contributed by atoms with Gasteiger partial charge in [0.25, 0.3) is 10.2 Å². The molecule has 1 aromatic carbocycles. The zero-order valence-corrected chi connectivity index (χ0v) is 14.0. The third-order valence-electron chi connectivity index (χ3n) is 3.53. The van der Waals surface area contributed by atoms with Gasteiger partial charge >= 0.3 is 0 Å². The molecule has 0 aliphatic carbocycles. The van der Waals surface area contributed by atoms with Crippen molar-refractivity contribution in [1.29, 1.82) is 0 Å². The van der Waals surface area contributed by atoms with E-state index in [1.165, 1.54) is 32.3 Å². The topological polar surface area (TPSA) is 86.8 Å². The standard InChI is InChI=1S/C13H15ClFN3O4S/c1-17(7-8-9(14)4-3-5-10(8)15)23(21,22)16-11-6-12(19)18(2)13(11)20/h3-5,11,16H,6-7H2,1-2H3. The van der Waals surface area contributed by atoms with Gasteiger partial charge in [-0.15, -0.1) is 0 Å². The summed E-state index contributed by atoms with van der Waals surface area (Å²) in [6.45, 7) is -0.314. The molecular weight excluding hydrogens is 349 g/mol. The van der Waals surface area contributed by atoms with Crippen LogP contribution >= 0.6 is 11.6 Å². The number of likely N-dealkylation sites (N-methyl/N-ethyl adjacent to an activating group) is 1. The summed E-state index contributed by atoms with van der Waals surface area (Å²) in [4.78, 5) is 24.0. The Bertz CT molecular complexity index is 735. The maximum absolute atomic E-state index is 13.7. The van der Waals surface area contributed by atoms with Crippen molar-refractivity contribution in [2.75, 3.05) is 14.1 Å². The van der Waals surface area contributed by atoms with Crippen molar-refractivity contribution < 1.29 is 22.4 Å². The molecule has 0 spiro atoms. The van der Waals surface area contributed by atoms with Crippen molar-refractivity contribution in [2.24, 2.45) is 0 Å². The van der Waals surface area contributed by atoms with Gasteiger partial charge in [-0.05, 0) is 12.1 Å². The molecule has 1 atom stereocenters. The van der Waals surface area contributed by atoms with Crippen molar-refractivity contribution in [3.8, 4) is 0 Å². The lowest BCUT2D eigenvalue weighted by Crippen LogP contribution is -2.46. The minimum atomic E-state index is -4.10. The molecule has 0 aromatic heterocycles. The van der Waals surface area contributed by atoms with Crippen molar-refractivity contribution in [3.63, 3.8) is 0 Å². The molecule has 23 heavy (non-hydrogen) atoms. The molecule has 1 aliphatic rings. The Hall–Kier alpha value is -1.55. The number of benzene rings is 1. The normalized spacial score (nSPS) is 19.0. The number of hydrogen-bond donors (Lipinski definition) is 1. The minimum absolute atomic E-state index is 0.0213. The molecule has 7 nitrogen and oxygen atoms in total. The predicted molar refractivity (Wildman–Crippen MR) is 81.1 cm³/mol. The van der Waals surface area contributed by atoms with Crippen molar-refractivity contribution in [3.05, 3.63) is 34.6 Å². The van der Waals surface area contributed by atoms with Gasteiger partial charge in [-0.1, -0.05) is 17.7 Å². The third-order valence-corrected chi connectivity index (χ3v) is 5.41. The highest BCUT2D eigenvalue weighted by molar-refractivity contribution is 7.87. The molecule has 126 valence electrons. The minimum Gasteiger partial charge on any atom is -0.284 e. The number of rotatable bonds is 5. The molecule has 2 amide bonds. The zero-order chi connectivity index (χ0) is 17.4. The highest BCUT2D eigenvalue weighted by Crippen LogP contribution is 2.21. The molecular formula is C13H15ClFN3O4S. The Balaban J connectivity index is 2.14. The van der Waals surface area contributed by atoms with Gasteiger partial charge in [0.1, 0.15) is 11.9 Å². The Morgan fingerprint density at radius 1 is 1.43 bits per heavy atom. The summed E-state index contributed by atoms with van der Waals surface area (Å²) in [5, 5.41) is 0.0962. The Morgan fingerprint density at radius 2 is 2.09 bits per heavy atom. The Labute approximate surface area is 138 Å². The first-order valence-corrected chi connectivity index (χ1v) is 8.42. The van der Waals surface area contributed by atoms with E-state index in [2.05, 4.69) is 4.72 Å². The number of hydrogen-bond acceptors (Lipinski definition) is 4. The van der Waals surface area contributed by atoms with Crippen LogP contribution in [0.5, 0.6) is 0 Å². The molecule has 0 saturated carbocycles. The van der Waals surface area contributed by atoms with Gasteiger partial charge in [0.05, 0.1) is 6.42 Å². The first kappa shape index (κ1) is 17.8. The summed E-state index contributed by atoms with van der Waals surface area (Å²) in [6.07, 6.45) is -0.247. The van der Waals surface area contributed by atoms with Crippen LogP contribution in [0.25, 0.3) is 0 Å². The molecule has 1 aromatic rings. The molecule has 0 bridgehead atoms. The van der Waals surface area contributed by atoms with E-state index in [0.717, 1.165) is 9.21 Å². The van der Waals surface area contributed by atoms with Crippen molar-refractivity contribution in [2.45, 2.75) is 19.0 Å². The first-order valence-electron chi connectivity index (χ1n) is 6.60. The average Bonchev–Trinajstić information content (AvgIpc) is 2.69. The second-order valence-corrected chi connectivity index (χ2v) is 7.34. The molecule has 1 N–H and O–H groups in total.